The highest BCUT2D eigenvalue weighted by molar-refractivity contribution is 6.12. The van der Waals surface area contributed by atoms with Crippen molar-refractivity contribution in [1.82, 2.24) is 19.9 Å². The molecule has 5 nitrogen and oxygen atoms in total. The minimum Gasteiger partial charge on any atom is -0.456 e. The Balaban J connectivity index is 1.25. The third-order valence-corrected chi connectivity index (χ3v) is 9.21. The van der Waals surface area contributed by atoms with Crippen LogP contribution in [0.2, 0.25) is 0 Å². The molecule has 9 rings (SSSR count). The van der Waals surface area contributed by atoms with Gasteiger partial charge < -0.3 is 4.42 Å². The molecule has 8 aromatic rings. The molecule has 0 unspecified atom stereocenters. The van der Waals surface area contributed by atoms with Crippen LogP contribution in [-0.2, 0) is 5.41 Å². The molecule has 1 aliphatic carbocycles. The molecule has 5 aromatic carbocycles. The summed E-state index contributed by atoms with van der Waals surface area (Å²) in [4.78, 5) is 20.1. The molecule has 0 fully saturated rings. The van der Waals surface area contributed by atoms with E-state index in [2.05, 4.69) is 86.6 Å². The molecule has 1 aliphatic rings. The van der Waals surface area contributed by atoms with Crippen LogP contribution in [0.1, 0.15) is 25.0 Å². The summed E-state index contributed by atoms with van der Waals surface area (Å²) in [6.07, 6.45) is 1.88. The summed E-state index contributed by atoms with van der Waals surface area (Å²) in [6, 6.07) is 43.6. The van der Waals surface area contributed by atoms with Crippen molar-refractivity contribution < 1.29 is 4.42 Å². The number of pyridine rings is 1. The first-order chi connectivity index (χ1) is 22.6. The summed E-state index contributed by atoms with van der Waals surface area (Å²) in [5.74, 6) is 1.71. The molecule has 0 aliphatic heterocycles. The Hall–Kier alpha value is -5.94. The molecular formula is C41H28N4O. The largest absolute Gasteiger partial charge is 0.456 e. The van der Waals surface area contributed by atoms with E-state index in [9.17, 15) is 0 Å². The lowest BCUT2D eigenvalue weighted by Gasteiger charge is -2.21. The van der Waals surface area contributed by atoms with E-state index in [1.54, 1.807) is 0 Å². The van der Waals surface area contributed by atoms with Gasteiger partial charge in [0.05, 0.1) is 0 Å². The maximum Gasteiger partial charge on any atom is 0.182 e. The zero-order chi connectivity index (χ0) is 30.8. The third kappa shape index (κ3) is 4.02. The number of nitrogens with zero attached hydrogens (tertiary/aromatic N) is 4. The molecule has 218 valence electrons. The Bertz CT molecular complexity index is 2450. The van der Waals surface area contributed by atoms with Crippen LogP contribution < -0.4 is 0 Å². The number of furan rings is 1. The Morgan fingerprint density at radius 2 is 1.15 bits per heavy atom. The van der Waals surface area contributed by atoms with Crippen molar-refractivity contribution in [3.8, 4) is 56.5 Å². The molecule has 0 bridgehead atoms. The van der Waals surface area contributed by atoms with Crippen molar-refractivity contribution >= 4 is 21.9 Å². The van der Waals surface area contributed by atoms with Gasteiger partial charge in [0.15, 0.2) is 17.5 Å². The van der Waals surface area contributed by atoms with Gasteiger partial charge in [0.2, 0.25) is 0 Å². The lowest BCUT2D eigenvalue weighted by Crippen LogP contribution is -2.14. The number of aromatic nitrogens is 4. The first kappa shape index (κ1) is 26.5. The lowest BCUT2D eigenvalue weighted by molar-refractivity contribution is 0.660. The van der Waals surface area contributed by atoms with Crippen LogP contribution in [-0.4, -0.2) is 19.9 Å². The molecule has 0 spiro atoms. The molecular weight excluding hydrogens is 564 g/mol. The second kappa shape index (κ2) is 10.0. The fourth-order valence-corrected chi connectivity index (χ4v) is 6.97. The van der Waals surface area contributed by atoms with Crippen molar-refractivity contribution in [3.05, 3.63) is 145 Å². The molecule has 5 heteroatoms. The topological polar surface area (TPSA) is 64.7 Å². The Morgan fingerprint density at radius 1 is 0.522 bits per heavy atom. The van der Waals surface area contributed by atoms with Crippen LogP contribution in [0.4, 0.5) is 0 Å². The number of hydrogen-bond donors (Lipinski definition) is 0. The van der Waals surface area contributed by atoms with Crippen LogP contribution in [0.15, 0.2) is 138 Å². The van der Waals surface area contributed by atoms with Crippen molar-refractivity contribution in [1.29, 1.82) is 0 Å². The first-order valence-corrected chi connectivity index (χ1v) is 15.5. The minimum absolute atomic E-state index is 0.132. The minimum atomic E-state index is -0.132. The van der Waals surface area contributed by atoms with E-state index in [0.29, 0.717) is 23.2 Å². The van der Waals surface area contributed by atoms with Gasteiger partial charge in [-0.2, -0.15) is 0 Å². The number of rotatable bonds is 4. The molecule has 0 atom stereocenters. The predicted molar refractivity (Wildman–Crippen MR) is 184 cm³/mol. The van der Waals surface area contributed by atoms with Gasteiger partial charge in [0.25, 0.3) is 0 Å². The summed E-state index contributed by atoms with van der Waals surface area (Å²) in [5, 5.41) is 2.00. The van der Waals surface area contributed by atoms with E-state index in [4.69, 9.17) is 24.4 Å². The monoisotopic (exact) mass is 592 g/mol. The van der Waals surface area contributed by atoms with E-state index in [1.807, 2.05) is 60.8 Å². The molecule has 0 N–H and O–H groups in total. The van der Waals surface area contributed by atoms with Crippen LogP contribution in [0.25, 0.3) is 78.5 Å². The molecule has 3 aromatic heterocycles. The van der Waals surface area contributed by atoms with Crippen molar-refractivity contribution in [2.24, 2.45) is 0 Å². The number of benzene rings is 5. The Kier molecular flexibility index (Phi) is 5.78. The zero-order valence-electron chi connectivity index (χ0n) is 25.4. The summed E-state index contributed by atoms with van der Waals surface area (Å²) < 4.78 is 6.42. The van der Waals surface area contributed by atoms with Crippen molar-refractivity contribution in [2.75, 3.05) is 0 Å². The summed E-state index contributed by atoms with van der Waals surface area (Å²) in [6.45, 7) is 4.57. The first-order valence-electron chi connectivity index (χ1n) is 15.5. The second-order valence-corrected chi connectivity index (χ2v) is 12.3. The number of hydrogen-bond acceptors (Lipinski definition) is 5. The van der Waals surface area contributed by atoms with Gasteiger partial charge in [0.1, 0.15) is 16.9 Å². The maximum absolute atomic E-state index is 6.42. The Morgan fingerprint density at radius 3 is 1.98 bits per heavy atom. The van der Waals surface area contributed by atoms with E-state index in [-0.39, 0.29) is 5.41 Å². The smallest absolute Gasteiger partial charge is 0.182 e. The third-order valence-electron chi connectivity index (χ3n) is 9.21. The van der Waals surface area contributed by atoms with E-state index in [1.165, 1.54) is 22.3 Å². The van der Waals surface area contributed by atoms with E-state index >= 15 is 0 Å². The quantitative estimate of drug-likeness (QED) is 0.203. The predicted octanol–water partition coefficient (Wildman–Crippen LogP) is 10.1. The molecule has 0 radical (unpaired) electrons. The van der Waals surface area contributed by atoms with Gasteiger partial charge in [-0.1, -0.05) is 129 Å². The van der Waals surface area contributed by atoms with E-state index in [0.717, 1.165) is 44.2 Å². The lowest BCUT2D eigenvalue weighted by atomic mass is 9.82. The molecule has 0 saturated carbocycles. The van der Waals surface area contributed by atoms with Gasteiger partial charge in [-0.3, -0.25) is 4.98 Å². The van der Waals surface area contributed by atoms with Crippen LogP contribution in [0.5, 0.6) is 0 Å². The highest BCUT2D eigenvalue weighted by atomic mass is 16.3. The molecule has 0 amide bonds. The highest BCUT2D eigenvalue weighted by Crippen LogP contribution is 2.51. The average molecular weight is 593 g/mol. The second-order valence-electron chi connectivity index (χ2n) is 12.3. The Labute approximate surface area is 266 Å². The van der Waals surface area contributed by atoms with Crippen molar-refractivity contribution in [2.45, 2.75) is 19.3 Å². The summed E-state index contributed by atoms with van der Waals surface area (Å²) >= 11 is 0. The summed E-state index contributed by atoms with van der Waals surface area (Å²) in [7, 11) is 0. The van der Waals surface area contributed by atoms with Gasteiger partial charge in [-0.15, -0.1) is 0 Å². The van der Waals surface area contributed by atoms with Crippen LogP contribution in [0.3, 0.4) is 0 Å². The molecule has 3 heterocycles. The fourth-order valence-electron chi connectivity index (χ4n) is 6.97. The van der Waals surface area contributed by atoms with Gasteiger partial charge >= 0.3 is 0 Å². The maximum atomic E-state index is 6.42. The van der Waals surface area contributed by atoms with Crippen LogP contribution >= 0.6 is 0 Å². The number of fused-ring (bicyclic) bond motifs is 6. The van der Waals surface area contributed by atoms with Gasteiger partial charge in [-0.25, -0.2) is 15.0 Å². The molecule has 46 heavy (non-hydrogen) atoms. The molecule has 0 saturated heterocycles. The van der Waals surface area contributed by atoms with Gasteiger partial charge in [0, 0.05) is 39.6 Å². The normalized spacial score (nSPS) is 13.2. The highest BCUT2D eigenvalue weighted by Gasteiger charge is 2.37. The standard InChI is InChI=1S/C41H28N4O/c1-41(2)31-20-10-9-17-28(31)36-29(19-11-21-32(36)41)39-43-38(26-15-7-4-8-16-26)44-40(45-39)33-23-35-30(24-42-33)37-27(18-12-22-34(37)46-35)25-13-5-3-6-14-25/h3-24H,1-2H3. The zero-order valence-corrected chi connectivity index (χ0v) is 25.4. The van der Waals surface area contributed by atoms with Gasteiger partial charge in [-0.05, 0) is 39.4 Å². The average Bonchev–Trinajstić information content (AvgIpc) is 3.60. The fraction of sp³-hybridized carbons (Fsp3) is 0.0732. The van der Waals surface area contributed by atoms with E-state index < -0.39 is 0 Å². The summed E-state index contributed by atoms with van der Waals surface area (Å²) in [5.41, 5.74) is 11.2. The van der Waals surface area contributed by atoms with Crippen molar-refractivity contribution in [3.63, 3.8) is 0 Å². The SMILES string of the molecule is CC1(C)c2ccccc2-c2c(-c3nc(-c4ccccc4)nc(-c4cc5oc6cccc(-c7ccccc7)c6c5cn4)n3)cccc21. The van der Waals surface area contributed by atoms with Crippen LogP contribution in [0, 0.1) is 0 Å².